The molecule has 4 rings (SSSR count). The SMILES string of the molecule is CC(C)(C)OC(=O)C(C#N)n1c(N2CCC(C(F)(F)F)CC2)c(-c2ccc(F)c(Cl)c2)c(=O)n(-c2cncc(Cl)c2)c1=O. The number of alkyl halides is 3. The van der Waals surface area contributed by atoms with Crippen molar-refractivity contribution in [3.63, 3.8) is 0 Å². The Bertz CT molecular complexity index is 1720. The van der Waals surface area contributed by atoms with Gasteiger partial charge in [0.05, 0.1) is 33.4 Å². The lowest BCUT2D eigenvalue weighted by atomic mass is 9.95. The van der Waals surface area contributed by atoms with Crippen LogP contribution in [-0.4, -0.2) is 45.0 Å². The summed E-state index contributed by atoms with van der Waals surface area (Å²) in [6, 6.07) is 4.25. The molecule has 1 fully saturated rings. The van der Waals surface area contributed by atoms with Crippen molar-refractivity contribution in [1.82, 2.24) is 14.1 Å². The van der Waals surface area contributed by atoms with E-state index in [1.54, 1.807) is 6.07 Å². The summed E-state index contributed by atoms with van der Waals surface area (Å²) in [5, 5.41) is 9.84. The van der Waals surface area contributed by atoms with Crippen LogP contribution in [0.5, 0.6) is 0 Å². The van der Waals surface area contributed by atoms with Crippen LogP contribution in [0.15, 0.2) is 46.2 Å². The molecule has 43 heavy (non-hydrogen) atoms. The predicted octanol–water partition coefficient (Wildman–Crippen LogP) is 5.69. The van der Waals surface area contributed by atoms with Crippen LogP contribution in [0.2, 0.25) is 10.0 Å². The number of hydrogen-bond donors (Lipinski definition) is 0. The van der Waals surface area contributed by atoms with Crippen molar-refractivity contribution in [1.29, 1.82) is 5.26 Å². The fourth-order valence-corrected chi connectivity index (χ4v) is 5.15. The van der Waals surface area contributed by atoms with Gasteiger partial charge in [0.1, 0.15) is 23.3 Å². The van der Waals surface area contributed by atoms with Crippen molar-refractivity contribution < 1.29 is 27.1 Å². The Kier molecular flexibility index (Phi) is 8.95. The average Bonchev–Trinajstić information content (AvgIpc) is 2.90. The third-order valence-electron chi connectivity index (χ3n) is 6.69. The Balaban J connectivity index is 2.12. The summed E-state index contributed by atoms with van der Waals surface area (Å²) in [6.45, 7) is 4.03. The maximum absolute atomic E-state index is 14.2. The Morgan fingerprint density at radius 1 is 1.12 bits per heavy atom. The normalized spacial score (nSPS) is 15.2. The number of hydrogen-bond acceptors (Lipinski definition) is 7. The smallest absolute Gasteiger partial charge is 0.391 e. The molecule has 0 saturated carbocycles. The highest BCUT2D eigenvalue weighted by atomic mass is 35.5. The van der Waals surface area contributed by atoms with Gasteiger partial charge in [0, 0.05) is 19.3 Å². The van der Waals surface area contributed by atoms with Gasteiger partial charge in [-0.25, -0.2) is 18.5 Å². The minimum Gasteiger partial charge on any atom is -0.458 e. The minimum absolute atomic E-state index is 0.0253. The molecule has 9 nitrogen and oxygen atoms in total. The van der Waals surface area contributed by atoms with Gasteiger partial charge >= 0.3 is 17.8 Å². The first kappa shape index (κ1) is 32.0. The molecule has 1 atom stereocenters. The monoisotopic (exact) mass is 641 g/mol. The molecular weight excluding hydrogens is 617 g/mol. The standard InChI is InChI=1S/C28H25Cl2F4N5O4/c1-27(2,3)43-25(41)21(12-35)39-23(37-8-6-16(7-9-37)28(32,33)34)22(15-4-5-20(31)19(30)10-15)24(40)38(26(39)42)18-11-17(29)13-36-14-18/h4-5,10-11,13-14,16,21H,6-9H2,1-3H3. The Morgan fingerprint density at radius 3 is 2.30 bits per heavy atom. The zero-order chi connectivity index (χ0) is 31.9. The van der Waals surface area contributed by atoms with Gasteiger partial charge in [-0.3, -0.25) is 14.3 Å². The quantitative estimate of drug-likeness (QED) is 0.260. The van der Waals surface area contributed by atoms with Gasteiger partial charge in [-0.2, -0.15) is 18.4 Å². The van der Waals surface area contributed by atoms with Crippen LogP contribution in [0.25, 0.3) is 16.8 Å². The summed E-state index contributed by atoms with van der Waals surface area (Å²) in [4.78, 5) is 46.9. The van der Waals surface area contributed by atoms with E-state index in [-0.39, 0.29) is 40.7 Å². The molecule has 0 N–H and O–H groups in total. The van der Waals surface area contributed by atoms with Gasteiger partial charge in [-0.05, 0) is 57.4 Å². The summed E-state index contributed by atoms with van der Waals surface area (Å²) in [5.74, 6) is -3.94. The van der Waals surface area contributed by atoms with Gasteiger partial charge in [0.25, 0.3) is 5.56 Å². The lowest BCUT2D eigenvalue weighted by Crippen LogP contribution is -2.48. The predicted molar refractivity (Wildman–Crippen MR) is 151 cm³/mol. The number of carbonyl (C=O) groups excluding carboxylic acids is 1. The highest BCUT2D eigenvalue weighted by Crippen LogP contribution is 2.38. The van der Waals surface area contributed by atoms with E-state index in [1.165, 1.54) is 44.0 Å². The molecule has 3 heterocycles. The van der Waals surface area contributed by atoms with E-state index in [4.69, 9.17) is 27.9 Å². The molecule has 1 saturated heterocycles. The first-order valence-electron chi connectivity index (χ1n) is 13.0. The van der Waals surface area contributed by atoms with Crippen LogP contribution in [0.4, 0.5) is 23.4 Å². The first-order chi connectivity index (χ1) is 20.0. The van der Waals surface area contributed by atoms with Crippen LogP contribution < -0.4 is 16.1 Å². The molecule has 1 aliphatic rings. The largest absolute Gasteiger partial charge is 0.458 e. The van der Waals surface area contributed by atoms with Crippen molar-refractivity contribution >= 4 is 35.0 Å². The number of anilines is 1. The summed E-state index contributed by atoms with van der Waals surface area (Å²) in [5.41, 5.74) is -3.76. The summed E-state index contributed by atoms with van der Waals surface area (Å²) in [7, 11) is 0. The average molecular weight is 642 g/mol. The molecule has 0 amide bonds. The first-order valence-corrected chi connectivity index (χ1v) is 13.7. The number of halogens is 6. The third-order valence-corrected chi connectivity index (χ3v) is 7.19. The fraction of sp³-hybridized carbons (Fsp3) is 0.393. The van der Waals surface area contributed by atoms with Gasteiger partial charge in [-0.15, -0.1) is 0 Å². The third kappa shape index (κ3) is 6.70. The molecule has 0 bridgehead atoms. The van der Waals surface area contributed by atoms with Crippen LogP contribution in [-0.2, 0) is 9.53 Å². The molecule has 0 radical (unpaired) electrons. The lowest BCUT2D eigenvalue weighted by molar-refractivity contribution is -0.179. The number of benzene rings is 1. The molecule has 228 valence electrons. The number of carbonyl (C=O) groups is 1. The van der Waals surface area contributed by atoms with Crippen LogP contribution in [0.1, 0.15) is 39.7 Å². The summed E-state index contributed by atoms with van der Waals surface area (Å²) in [6.07, 6.45) is -2.89. The van der Waals surface area contributed by atoms with Crippen molar-refractivity contribution in [2.24, 2.45) is 5.92 Å². The van der Waals surface area contributed by atoms with Crippen LogP contribution in [0.3, 0.4) is 0 Å². The van der Waals surface area contributed by atoms with E-state index < -0.39 is 64.6 Å². The van der Waals surface area contributed by atoms with E-state index in [0.717, 1.165) is 18.3 Å². The molecule has 0 aliphatic carbocycles. The molecular formula is C28H25Cl2F4N5O4. The Labute approximate surface area is 252 Å². The summed E-state index contributed by atoms with van der Waals surface area (Å²) < 4.78 is 61.5. The number of nitrogens with zero attached hydrogens (tertiary/aromatic N) is 5. The van der Waals surface area contributed by atoms with Crippen molar-refractivity contribution in [3.8, 4) is 22.9 Å². The zero-order valence-corrected chi connectivity index (χ0v) is 24.6. The second kappa shape index (κ2) is 12.0. The number of aromatic nitrogens is 3. The summed E-state index contributed by atoms with van der Waals surface area (Å²) >= 11 is 12.1. The molecule has 15 heteroatoms. The fourth-order valence-electron chi connectivity index (χ4n) is 4.80. The number of ether oxygens (including phenoxy) is 1. The number of pyridine rings is 1. The second-order valence-electron chi connectivity index (χ2n) is 10.9. The minimum atomic E-state index is -4.48. The topological polar surface area (TPSA) is 110 Å². The van der Waals surface area contributed by atoms with E-state index in [9.17, 15) is 37.2 Å². The van der Waals surface area contributed by atoms with E-state index in [1.807, 2.05) is 0 Å². The second-order valence-corrected chi connectivity index (χ2v) is 11.7. The Morgan fingerprint density at radius 2 is 1.77 bits per heavy atom. The zero-order valence-electron chi connectivity index (χ0n) is 23.1. The number of nitriles is 1. The van der Waals surface area contributed by atoms with Crippen molar-refractivity contribution in [2.75, 3.05) is 18.0 Å². The molecule has 1 unspecified atom stereocenters. The van der Waals surface area contributed by atoms with Crippen molar-refractivity contribution in [3.05, 3.63) is 73.4 Å². The number of esters is 1. The van der Waals surface area contributed by atoms with Gasteiger partial charge in [0.2, 0.25) is 6.04 Å². The molecule has 1 aliphatic heterocycles. The number of rotatable bonds is 5. The van der Waals surface area contributed by atoms with Gasteiger partial charge in [0.15, 0.2) is 0 Å². The molecule has 3 aromatic rings. The van der Waals surface area contributed by atoms with E-state index >= 15 is 0 Å². The van der Waals surface area contributed by atoms with E-state index in [2.05, 4.69) is 4.98 Å². The lowest BCUT2D eigenvalue weighted by Gasteiger charge is -2.37. The molecule has 2 aromatic heterocycles. The Hall–Kier alpha value is -3.89. The van der Waals surface area contributed by atoms with Crippen molar-refractivity contribution in [2.45, 2.75) is 51.4 Å². The molecule has 0 spiro atoms. The van der Waals surface area contributed by atoms with E-state index in [0.29, 0.717) is 9.13 Å². The maximum Gasteiger partial charge on any atom is 0.391 e. The highest BCUT2D eigenvalue weighted by molar-refractivity contribution is 6.31. The van der Waals surface area contributed by atoms with Crippen LogP contribution >= 0.6 is 23.2 Å². The maximum atomic E-state index is 14.2. The van der Waals surface area contributed by atoms with Crippen LogP contribution in [0, 0.1) is 23.1 Å². The van der Waals surface area contributed by atoms with Gasteiger partial charge in [-0.1, -0.05) is 29.3 Å². The van der Waals surface area contributed by atoms with Gasteiger partial charge < -0.3 is 9.64 Å². The molecule has 1 aromatic carbocycles. The number of piperidine rings is 1. The highest BCUT2D eigenvalue weighted by Gasteiger charge is 2.43.